The van der Waals surface area contributed by atoms with E-state index in [1.807, 2.05) is 22.7 Å². The molecule has 1 atom stereocenters. The van der Waals surface area contributed by atoms with Crippen molar-refractivity contribution >= 4 is 38.6 Å². The molecule has 2 heterocycles. The second kappa shape index (κ2) is 5.45. The van der Waals surface area contributed by atoms with E-state index < -0.39 is 0 Å². The summed E-state index contributed by atoms with van der Waals surface area (Å²) in [4.78, 5) is 5.21. The molecule has 0 saturated carbocycles. The van der Waals surface area contributed by atoms with Gasteiger partial charge in [0.15, 0.2) is 0 Å². The van der Waals surface area contributed by atoms with E-state index in [2.05, 4.69) is 63.8 Å². The molecular formula is C12H14BrNS2. The van der Waals surface area contributed by atoms with E-state index in [0.717, 1.165) is 6.54 Å². The Balaban J connectivity index is 2.00. The van der Waals surface area contributed by atoms with Gasteiger partial charge < -0.3 is 0 Å². The largest absolute Gasteiger partial charge is 0.294 e. The van der Waals surface area contributed by atoms with E-state index in [1.54, 1.807) is 0 Å². The van der Waals surface area contributed by atoms with Gasteiger partial charge >= 0.3 is 0 Å². The van der Waals surface area contributed by atoms with Gasteiger partial charge in [-0.2, -0.15) is 0 Å². The second-order valence-electron chi connectivity index (χ2n) is 3.84. The lowest BCUT2D eigenvalue weighted by molar-refractivity contribution is 0.258. The van der Waals surface area contributed by atoms with Crippen molar-refractivity contribution in [3.05, 3.63) is 43.2 Å². The molecule has 0 radical (unpaired) electrons. The Morgan fingerprint density at radius 1 is 1.44 bits per heavy atom. The maximum atomic E-state index is 3.49. The Bertz CT molecular complexity index is 436. The first-order valence-corrected chi connectivity index (χ1v) is 7.68. The lowest BCUT2D eigenvalue weighted by Crippen LogP contribution is -2.20. The molecule has 0 spiro atoms. The summed E-state index contributed by atoms with van der Waals surface area (Å²) in [5, 5.41) is 4.28. The fraction of sp³-hybridized carbons (Fsp3) is 0.333. The van der Waals surface area contributed by atoms with Gasteiger partial charge in [-0.1, -0.05) is 6.07 Å². The molecule has 4 heteroatoms. The van der Waals surface area contributed by atoms with Gasteiger partial charge in [-0.15, -0.1) is 22.7 Å². The van der Waals surface area contributed by atoms with Gasteiger partial charge in [-0.3, -0.25) is 4.90 Å². The zero-order valence-corrected chi connectivity index (χ0v) is 12.5. The Morgan fingerprint density at radius 2 is 2.25 bits per heavy atom. The molecule has 16 heavy (non-hydrogen) atoms. The van der Waals surface area contributed by atoms with Gasteiger partial charge in [0.1, 0.15) is 0 Å². The number of rotatable bonds is 4. The third-order valence-corrected chi connectivity index (χ3v) is 5.37. The van der Waals surface area contributed by atoms with Gasteiger partial charge in [0, 0.05) is 32.2 Å². The number of nitrogens with zero attached hydrogens (tertiary/aromatic N) is 1. The quantitative estimate of drug-likeness (QED) is 0.786. The number of hydrogen-bond acceptors (Lipinski definition) is 3. The van der Waals surface area contributed by atoms with E-state index in [0.29, 0.717) is 6.04 Å². The fourth-order valence-electron chi connectivity index (χ4n) is 1.57. The molecular weight excluding hydrogens is 302 g/mol. The van der Waals surface area contributed by atoms with E-state index >= 15 is 0 Å². The van der Waals surface area contributed by atoms with Crippen molar-refractivity contribution in [1.29, 1.82) is 0 Å². The van der Waals surface area contributed by atoms with Crippen molar-refractivity contribution in [3.63, 3.8) is 0 Å². The molecule has 0 fully saturated rings. The topological polar surface area (TPSA) is 3.24 Å². The zero-order valence-electron chi connectivity index (χ0n) is 9.31. The van der Waals surface area contributed by atoms with Crippen LogP contribution in [0.4, 0.5) is 0 Å². The highest BCUT2D eigenvalue weighted by Crippen LogP contribution is 2.27. The van der Waals surface area contributed by atoms with Crippen molar-refractivity contribution in [2.45, 2.75) is 19.5 Å². The highest BCUT2D eigenvalue weighted by Gasteiger charge is 2.13. The van der Waals surface area contributed by atoms with Gasteiger partial charge in [0.2, 0.25) is 0 Å². The molecule has 2 rings (SSSR count). The van der Waals surface area contributed by atoms with Crippen LogP contribution in [0.1, 0.15) is 22.7 Å². The van der Waals surface area contributed by atoms with Crippen molar-refractivity contribution in [2.75, 3.05) is 7.05 Å². The maximum absolute atomic E-state index is 3.49. The van der Waals surface area contributed by atoms with Crippen LogP contribution in [0, 0.1) is 0 Å². The molecule has 0 aliphatic rings. The van der Waals surface area contributed by atoms with Crippen molar-refractivity contribution in [3.8, 4) is 0 Å². The third kappa shape index (κ3) is 2.94. The second-order valence-corrected chi connectivity index (χ2v) is 6.73. The average molecular weight is 316 g/mol. The first-order chi connectivity index (χ1) is 7.66. The Labute approximate surface area is 113 Å². The Morgan fingerprint density at radius 3 is 2.81 bits per heavy atom. The van der Waals surface area contributed by atoms with Crippen LogP contribution in [0.15, 0.2) is 33.4 Å². The van der Waals surface area contributed by atoms with Crippen LogP contribution in [-0.4, -0.2) is 11.9 Å². The summed E-state index contributed by atoms with van der Waals surface area (Å²) < 4.78 is 1.18. The monoisotopic (exact) mass is 315 g/mol. The van der Waals surface area contributed by atoms with Crippen LogP contribution in [0.25, 0.3) is 0 Å². The summed E-state index contributed by atoms with van der Waals surface area (Å²) in [6, 6.07) is 7.01. The SMILES string of the molecule is CC(c1cccs1)N(C)Cc1cc(Br)cs1. The first kappa shape index (κ1) is 12.3. The Kier molecular flexibility index (Phi) is 4.19. The Hall–Kier alpha value is -0.160. The number of hydrogen-bond donors (Lipinski definition) is 0. The smallest absolute Gasteiger partial charge is 0.0414 e. The summed E-state index contributed by atoms with van der Waals surface area (Å²) in [5.74, 6) is 0. The average Bonchev–Trinajstić information content (AvgIpc) is 2.88. The van der Waals surface area contributed by atoms with Gasteiger partial charge in [-0.25, -0.2) is 0 Å². The zero-order chi connectivity index (χ0) is 11.5. The summed E-state index contributed by atoms with van der Waals surface area (Å²) in [6.45, 7) is 3.27. The van der Waals surface area contributed by atoms with Crippen LogP contribution in [0.5, 0.6) is 0 Å². The van der Waals surface area contributed by atoms with Crippen LogP contribution < -0.4 is 0 Å². The molecule has 0 saturated heterocycles. The van der Waals surface area contributed by atoms with Crippen LogP contribution >= 0.6 is 38.6 Å². The van der Waals surface area contributed by atoms with E-state index in [4.69, 9.17) is 0 Å². The maximum Gasteiger partial charge on any atom is 0.0414 e. The normalized spacial score (nSPS) is 13.2. The van der Waals surface area contributed by atoms with Crippen molar-refractivity contribution in [2.24, 2.45) is 0 Å². The highest BCUT2D eigenvalue weighted by molar-refractivity contribution is 9.10. The molecule has 0 N–H and O–H groups in total. The minimum Gasteiger partial charge on any atom is -0.294 e. The third-order valence-electron chi connectivity index (χ3n) is 2.64. The molecule has 0 aliphatic heterocycles. The minimum atomic E-state index is 0.487. The number of thiophene rings is 2. The van der Waals surface area contributed by atoms with Gasteiger partial charge in [0.05, 0.1) is 0 Å². The molecule has 0 aromatic carbocycles. The van der Waals surface area contributed by atoms with Gasteiger partial charge in [0.25, 0.3) is 0 Å². The standard InChI is InChI=1S/C12H14BrNS2/c1-9(12-4-3-5-15-12)14(2)7-11-6-10(13)8-16-11/h3-6,8-9H,7H2,1-2H3. The predicted molar refractivity (Wildman–Crippen MR) is 76.2 cm³/mol. The van der Waals surface area contributed by atoms with E-state index in [-0.39, 0.29) is 0 Å². The summed E-state index contributed by atoms with van der Waals surface area (Å²) in [7, 11) is 2.18. The molecule has 2 aromatic rings. The summed E-state index contributed by atoms with van der Waals surface area (Å²) in [6.07, 6.45) is 0. The molecule has 1 unspecified atom stereocenters. The minimum absolute atomic E-state index is 0.487. The molecule has 0 amide bonds. The predicted octanol–water partition coefficient (Wildman–Crippen LogP) is 4.77. The van der Waals surface area contributed by atoms with Crippen LogP contribution in [-0.2, 0) is 6.54 Å². The number of halogens is 1. The van der Waals surface area contributed by atoms with E-state index in [9.17, 15) is 0 Å². The highest BCUT2D eigenvalue weighted by atomic mass is 79.9. The van der Waals surface area contributed by atoms with Crippen LogP contribution in [0.2, 0.25) is 0 Å². The first-order valence-electron chi connectivity index (χ1n) is 5.13. The summed E-state index contributed by atoms with van der Waals surface area (Å²) in [5.41, 5.74) is 0. The summed E-state index contributed by atoms with van der Waals surface area (Å²) >= 11 is 7.13. The van der Waals surface area contributed by atoms with E-state index in [1.165, 1.54) is 14.2 Å². The van der Waals surface area contributed by atoms with Crippen molar-refractivity contribution < 1.29 is 0 Å². The lowest BCUT2D eigenvalue weighted by atomic mass is 10.2. The fourth-order valence-corrected chi connectivity index (χ4v) is 3.93. The van der Waals surface area contributed by atoms with Crippen LogP contribution in [0.3, 0.4) is 0 Å². The molecule has 0 bridgehead atoms. The molecule has 2 aromatic heterocycles. The van der Waals surface area contributed by atoms with Gasteiger partial charge in [-0.05, 0) is 47.4 Å². The lowest BCUT2D eigenvalue weighted by Gasteiger charge is -2.22. The molecule has 1 nitrogen and oxygen atoms in total. The molecule has 86 valence electrons. The van der Waals surface area contributed by atoms with Crippen molar-refractivity contribution in [1.82, 2.24) is 4.90 Å². The molecule has 0 aliphatic carbocycles.